The van der Waals surface area contributed by atoms with Crippen molar-refractivity contribution in [2.75, 3.05) is 0 Å². The molecule has 2 nitrogen and oxygen atoms in total. The van der Waals surface area contributed by atoms with E-state index in [0.29, 0.717) is 12.0 Å². The van der Waals surface area contributed by atoms with Crippen molar-refractivity contribution in [1.82, 2.24) is 5.43 Å². The molecule has 2 rings (SSSR count). The molecule has 0 spiro atoms. The molecule has 1 aromatic rings. The van der Waals surface area contributed by atoms with E-state index >= 15 is 0 Å². The number of hydrazine groups is 1. The van der Waals surface area contributed by atoms with E-state index in [1.165, 1.54) is 31.2 Å². The van der Waals surface area contributed by atoms with Gasteiger partial charge in [-0.1, -0.05) is 57.0 Å². The number of benzene rings is 1. The van der Waals surface area contributed by atoms with Gasteiger partial charge in [0.25, 0.3) is 0 Å². The van der Waals surface area contributed by atoms with Crippen LogP contribution in [-0.2, 0) is 5.41 Å². The molecule has 17 heavy (non-hydrogen) atoms. The first-order valence-corrected chi connectivity index (χ1v) is 6.72. The van der Waals surface area contributed by atoms with Gasteiger partial charge in [0.15, 0.2) is 0 Å². The highest BCUT2D eigenvalue weighted by atomic mass is 15.2. The zero-order valence-corrected chi connectivity index (χ0v) is 10.9. The van der Waals surface area contributed by atoms with Crippen molar-refractivity contribution in [3.05, 3.63) is 35.9 Å². The van der Waals surface area contributed by atoms with Gasteiger partial charge in [0, 0.05) is 11.5 Å². The smallest absolute Gasteiger partial charge is 0.0330 e. The van der Waals surface area contributed by atoms with Crippen LogP contribution in [0.5, 0.6) is 0 Å². The van der Waals surface area contributed by atoms with Crippen LogP contribution in [0.4, 0.5) is 0 Å². The molecule has 1 atom stereocenters. The molecule has 1 saturated carbocycles. The lowest BCUT2D eigenvalue weighted by molar-refractivity contribution is 0.238. The van der Waals surface area contributed by atoms with Crippen molar-refractivity contribution in [3.8, 4) is 0 Å². The minimum atomic E-state index is 0.240. The molecular formula is C15H24N2. The topological polar surface area (TPSA) is 38.0 Å². The quantitative estimate of drug-likeness (QED) is 0.618. The molecule has 0 aromatic heterocycles. The average molecular weight is 232 g/mol. The highest BCUT2D eigenvalue weighted by Gasteiger charge is 2.43. The van der Waals surface area contributed by atoms with E-state index in [1.54, 1.807) is 0 Å². The molecule has 1 aliphatic rings. The third-order valence-electron chi connectivity index (χ3n) is 4.29. The summed E-state index contributed by atoms with van der Waals surface area (Å²) in [5.74, 6) is 6.38. The second-order valence-electron chi connectivity index (χ2n) is 5.62. The Morgan fingerprint density at radius 1 is 1.12 bits per heavy atom. The maximum atomic E-state index is 5.83. The van der Waals surface area contributed by atoms with Crippen molar-refractivity contribution >= 4 is 0 Å². The fraction of sp³-hybridized carbons (Fsp3) is 0.600. The van der Waals surface area contributed by atoms with Crippen LogP contribution < -0.4 is 11.3 Å². The van der Waals surface area contributed by atoms with Gasteiger partial charge in [-0.25, -0.2) is 0 Å². The fourth-order valence-corrected chi connectivity index (χ4v) is 3.55. The summed E-state index contributed by atoms with van der Waals surface area (Å²) in [6, 6.07) is 11.3. The molecule has 94 valence electrons. The number of rotatable bonds is 4. The summed E-state index contributed by atoms with van der Waals surface area (Å²) in [6.07, 6.45) is 5.15. The summed E-state index contributed by atoms with van der Waals surface area (Å²) in [7, 11) is 0. The van der Waals surface area contributed by atoms with Gasteiger partial charge in [-0.2, -0.15) is 0 Å². The minimum absolute atomic E-state index is 0.240. The minimum Gasteiger partial charge on any atom is -0.271 e. The van der Waals surface area contributed by atoms with Gasteiger partial charge in [-0.15, -0.1) is 0 Å². The van der Waals surface area contributed by atoms with Crippen LogP contribution in [0, 0.1) is 5.92 Å². The van der Waals surface area contributed by atoms with E-state index in [0.717, 1.165) is 0 Å². The summed E-state index contributed by atoms with van der Waals surface area (Å²) in [6.45, 7) is 4.51. The Morgan fingerprint density at radius 3 is 2.18 bits per heavy atom. The fourth-order valence-electron chi connectivity index (χ4n) is 3.55. The lowest BCUT2D eigenvalue weighted by atomic mass is 9.69. The van der Waals surface area contributed by atoms with Crippen LogP contribution in [0.2, 0.25) is 0 Å². The van der Waals surface area contributed by atoms with Gasteiger partial charge in [0.2, 0.25) is 0 Å². The molecule has 0 radical (unpaired) electrons. The van der Waals surface area contributed by atoms with Crippen molar-refractivity contribution in [2.45, 2.75) is 51.0 Å². The number of hydrogen-bond donors (Lipinski definition) is 2. The van der Waals surface area contributed by atoms with Crippen molar-refractivity contribution in [2.24, 2.45) is 11.8 Å². The summed E-state index contributed by atoms with van der Waals surface area (Å²) < 4.78 is 0. The van der Waals surface area contributed by atoms with E-state index in [9.17, 15) is 0 Å². The lowest BCUT2D eigenvalue weighted by Crippen LogP contribution is -2.53. The van der Waals surface area contributed by atoms with Crippen LogP contribution in [0.3, 0.4) is 0 Å². The zero-order valence-electron chi connectivity index (χ0n) is 10.9. The number of nitrogens with two attached hydrogens (primary N) is 1. The predicted octanol–water partition coefficient (Wildman–Crippen LogP) is 2.99. The van der Waals surface area contributed by atoms with Gasteiger partial charge >= 0.3 is 0 Å². The molecule has 0 saturated heterocycles. The zero-order chi connectivity index (χ0) is 12.3. The third kappa shape index (κ3) is 2.24. The molecule has 0 heterocycles. The number of hydrogen-bond acceptors (Lipinski definition) is 2. The maximum absolute atomic E-state index is 5.83. The Bertz CT molecular complexity index is 339. The van der Waals surface area contributed by atoms with Gasteiger partial charge in [-0.05, 0) is 24.3 Å². The van der Waals surface area contributed by atoms with Crippen LogP contribution in [0.1, 0.15) is 45.1 Å². The molecule has 3 N–H and O–H groups in total. The van der Waals surface area contributed by atoms with Crippen molar-refractivity contribution < 1.29 is 0 Å². The summed E-state index contributed by atoms with van der Waals surface area (Å²) in [5.41, 5.74) is 4.78. The van der Waals surface area contributed by atoms with Crippen LogP contribution in [0.25, 0.3) is 0 Å². The Hall–Kier alpha value is -0.860. The first-order valence-electron chi connectivity index (χ1n) is 6.72. The average Bonchev–Trinajstić information content (AvgIpc) is 2.81. The normalized spacial score (nSPS) is 20.7. The van der Waals surface area contributed by atoms with E-state index in [2.05, 4.69) is 49.6 Å². The summed E-state index contributed by atoms with van der Waals surface area (Å²) >= 11 is 0. The molecule has 1 aromatic carbocycles. The Kier molecular flexibility index (Phi) is 3.85. The SMILES string of the molecule is CC(C)C(NN)C1(c2ccccc2)CCCC1. The number of nitrogens with one attached hydrogen (secondary N) is 1. The second kappa shape index (κ2) is 5.19. The standard InChI is InChI=1S/C15H24N2/c1-12(2)14(17-16)15(10-6-7-11-15)13-8-4-3-5-9-13/h3-5,8-9,12,14,17H,6-7,10-11,16H2,1-2H3. The van der Waals surface area contributed by atoms with Crippen molar-refractivity contribution in [3.63, 3.8) is 0 Å². The van der Waals surface area contributed by atoms with Crippen LogP contribution >= 0.6 is 0 Å². The Balaban J connectivity index is 2.39. The molecule has 0 bridgehead atoms. The van der Waals surface area contributed by atoms with Crippen LogP contribution in [-0.4, -0.2) is 6.04 Å². The first-order chi connectivity index (χ1) is 8.20. The van der Waals surface area contributed by atoms with Gasteiger partial charge in [0.05, 0.1) is 0 Å². The monoisotopic (exact) mass is 232 g/mol. The lowest BCUT2D eigenvalue weighted by Gasteiger charge is -2.40. The molecule has 0 amide bonds. The van der Waals surface area contributed by atoms with Crippen molar-refractivity contribution in [1.29, 1.82) is 0 Å². The molecule has 1 fully saturated rings. The molecule has 1 unspecified atom stereocenters. The van der Waals surface area contributed by atoms with Crippen LogP contribution in [0.15, 0.2) is 30.3 Å². The Morgan fingerprint density at radius 2 is 1.71 bits per heavy atom. The summed E-state index contributed by atoms with van der Waals surface area (Å²) in [4.78, 5) is 0. The molecule has 1 aliphatic carbocycles. The highest BCUT2D eigenvalue weighted by molar-refractivity contribution is 5.29. The summed E-state index contributed by atoms with van der Waals surface area (Å²) in [5, 5.41) is 0. The maximum Gasteiger partial charge on any atom is 0.0330 e. The second-order valence-corrected chi connectivity index (χ2v) is 5.62. The highest BCUT2D eigenvalue weighted by Crippen LogP contribution is 2.45. The Labute approximate surface area is 105 Å². The van der Waals surface area contributed by atoms with E-state index in [1.807, 2.05) is 0 Å². The molecular weight excluding hydrogens is 208 g/mol. The van der Waals surface area contributed by atoms with E-state index in [-0.39, 0.29) is 5.41 Å². The largest absolute Gasteiger partial charge is 0.271 e. The third-order valence-corrected chi connectivity index (χ3v) is 4.29. The van der Waals surface area contributed by atoms with Gasteiger partial charge in [0.1, 0.15) is 0 Å². The van der Waals surface area contributed by atoms with E-state index in [4.69, 9.17) is 5.84 Å². The predicted molar refractivity (Wildman–Crippen MR) is 72.5 cm³/mol. The molecule has 0 aliphatic heterocycles. The van der Waals surface area contributed by atoms with Gasteiger partial charge < -0.3 is 0 Å². The first kappa shape index (κ1) is 12.6. The van der Waals surface area contributed by atoms with E-state index < -0.39 is 0 Å². The molecule has 2 heteroatoms. The van der Waals surface area contributed by atoms with Gasteiger partial charge in [-0.3, -0.25) is 11.3 Å².